The van der Waals surface area contributed by atoms with Crippen LogP contribution < -0.4 is 0 Å². The quantitative estimate of drug-likeness (QED) is 0.164. The minimum Gasteiger partial charge on any atom is -0.456 e. The highest BCUT2D eigenvalue weighted by molar-refractivity contribution is 6.21. The van der Waals surface area contributed by atoms with Crippen LogP contribution in [0.15, 0.2) is 199 Å². The van der Waals surface area contributed by atoms with Crippen LogP contribution in [0.2, 0.25) is 0 Å². The average molecular weight is 739 g/mol. The Labute approximate surface area is 337 Å². The molecule has 0 spiro atoms. The molecule has 0 saturated heterocycles. The summed E-state index contributed by atoms with van der Waals surface area (Å²) in [6, 6.07) is 71.5. The molecule has 0 amide bonds. The molecule has 1 aromatic heterocycles. The standard InChI is InChI=1S/C57H38O/c1-57(2)50-23-12-22-42(56(50)49-33-37-13-3-4-14-38(37)34-51(49)57)40-15-11-16-41(31-40)55-46-20-7-5-18-44(46)54(45-19-6-8-21-47(45)55)36-27-25-35(26-28-36)39-29-30-53-48(32-39)43-17-9-10-24-52(43)58-53/h3-34H,1-2H3. The van der Waals surface area contributed by atoms with Crippen molar-refractivity contribution < 1.29 is 4.42 Å². The van der Waals surface area contributed by atoms with Gasteiger partial charge in [0.15, 0.2) is 0 Å². The van der Waals surface area contributed by atoms with Gasteiger partial charge in [0.05, 0.1) is 0 Å². The Kier molecular flexibility index (Phi) is 7.04. The van der Waals surface area contributed by atoms with E-state index in [0.717, 1.165) is 21.9 Å². The highest BCUT2D eigenvalue weighted by Crippen LogP contribution is 2.53. The molecule has 12 rings (SSSR count). The number of hydrogen-bond donors (Lipinski definition) is 0. The molecule has 1 heterocycles. The Morgan fingerprint density at radius 3 is 1.59 bits per heavy atom. The summed E-state index contributed by atoms with van der Waals surface area (Å²) in [6.07, 6.45) is 0. The molecule has 0 aliphatic heterocycles. The fraction of sp³-hybridized carbons (Fsp3) is 0.0526. The van der Waals surface area contributed by atoms with Crippen LogP contribution in [-0.2, 0) is 5.41 Å². The molecule has 1 nitrogen and oxygen atoms in total. The minimum absolute atomic E-state index is 0.0922. The summed E-state index contributed by atoms with van der Waals surface area (Å²) in [4.78, 5) is 0. The third-order valence-electron chi connectivity index (χ3n) is 12.8. The van der Waals surface area contributed by atoms with Crippen molar-refractivity contribution in [1.29, 1.82) is 0 Å². The molecule has 0 radical (unpaired) electrons. The Morgan fingerprint density at radius 1 is 0.310 bits per heavy atom. The number of rotatable bonds is 4. The van der Waals surface area contributed by atoms with Gasteiger partial charge >= 0.3 is 0 Å². The predicted octanol–water partition coefficient (Wildman–Crippen LogP) is 16.0. The van der Waals surface area contributed by atoms with Gasteiger partial charge in [0, 0.05) is 16.2 Å². The van der Waals surface area contributed by atoms with E-state index in [0.29, 0.717) is 0 Å². The van der Waals surface area contributed by atoms with Crippen LogP contribution in [0.5, 0.6) is 0 Å². The minimum atomic E-state index is -0.0922. The van der Waals surface area contributed by atoms with Gasteiger partial charge in [0.2, 0.25) is 0 Å². The summed E-state index contributed by atoms with van der Waals surface area (Å²) < 4.78 is 6.12. The predicted molar refractivity (Wildman–Crippen MR) is 246 cm³/mol. The Balaban J connectivity index is 1.00. The fourth-order valence-electron chi connectivity index (χ4n) is 10.0. The van der Waals surface area contributed by atoms with Gasteiger partial charge in [0.25, 0.3) is 0 Å². The molecular weight excluding hydrogens is 701 g/mol. The number of benzene rings is 10. The summed E-state index contributed by atoms with van der Waals surface area (Å²) in [5.74, 6) is 0. The highest BCUT2D eigenvalue weighted by atomic mass is 16.3. The van der Waals surface area contributed by atoms with Crippen molar-refractivity contribution in [1.82, 2.24) is 0 Å². The zero-order valence-corrected chi connectivity index (χ0v) is 32.4. The molecule has 0 bridgehead atoms. The Hall–Kier alpha value is -7.22. The average Bonchev–Trinajstić information content (AvgIpc) is 3.75. The molecule has 58 heavy (non-hydrogen) atoms. The summed E-state index contributed by atoms with van der Waals surface area (Å²) >= 11 is 0. The van der Waals surface area contributed by atoms with Crippen molar-refractivity contribution in [3.8, 4) is 55.6 Å². The molecule has 0 unspecified atom stereocenters. The molecule has 10 aromatic carbocycles. The maximum atomic E-state index is 6.12. The number of furan rings is 1. The van der Waals surface area contributed by atoms with E-state index < -0.39 is 0 Å². The SMILES string of the molecule is CC1(C)c2cc3ccccc3cc2-c2c(-c3cccc(-c4c5ccccc5c(-c5ccc(-c6ccc7oc8ccccc8c7c6)cc5)c5ccccc45)c3)cccc21. The first kappa shape index (κ1) is 33.0. The van der Waals surface area contributed by atoms with E-state index in [9.17, 15) is 0 Å². The van der Waals surface area contributed by atoms with E-state index in [1.54, 1.807) is 0 Å². The van der Waals surface area contributed by atoms with E-state index in [1.165, 1.54) is 99.1 Å². The van der Waals surface area contributed by atoms with E-state index in [2.05, 4.69) is 196 Å². The van der Waals surface area contributed by atoms with Gasteiger partial charge < -0.3 is 4.42 Å². The van der Waals surface area contributed by atoms with Gasteiger partial charge in [-0.1, -0.05) is 172 Å². The summed E-state index contributed by atoms with van der Waals surface area (Å²) in [5.41, 5.74) is 17.1. The van der Waals surface area contributed by atoms with Crippen molar-refractivity contribution in [3.63, 3.8) is 0 Å². The summed E-state index contributed by atoms with van der Waals surface area (Å²) in [7, 11) is 0. The van der Waals surface area contributed by atoms with Crippen LogP contribution in [0, 0.1) is 0 Å². The smallest absolute Gasteiger partial charge is 0.135 e. The second kappa shape index (κ2) is 12.4. The molecule has 1 aliphatic carbocycles. The lowest BCUT2D eigenvalue weighted by Crippen LogP contribution is -2.14. The maximum absolute atomic E-state index is 6.12. The molecule has 0 atom stereocenters. The summed E-state index contributed by atoms with van der Waals surface area (Å²) in [5, 5.41) is 9.89. The monoisotopic (exact) mass is 738 g/mol. The van der Waals surface area contributed by atoms with Crippen LogP contribution in [0.3, 0.4) is 0 Å². The van der Waals surface area contributed by atoms with Crippen molar-refractivity contribution in [2.45, 2.75) is 19.3 Å². The van der Waals surface area contributed by atoms with Gasteiger partial charge in [-0.15, -0.1) is 0 Å². The molecule has 272 valence electrons. The van der Waals surface area contributed by atoms with Gasteiger partial charge in [-0.3, -0.25) is 0 Å². The number of hydrogen-bond acceptors (Lipinski definition) is 1. The van der Waals surface area contributed by atoms with Crippen molar-refractivity contribution in [2.75, 3.05) is 0 Å². The third-order valence-corrected chi connectivity index (χ3v) is 12.8. The van der Waals surface area contributed by atoms with Crippen molar-refractivity contribution in [3.05, 3.63) is 205 Å². The summed E-state index contributed by atoms with van der Waals surface area (Å²) in [6.45, 7) is 4.75. The number of fused-ring (bicyclic) bond motifs is 9. The molecule has 1 aliphatic rings. The van der Waals surface area contributed by atoms with Crippen molar-refractivity contribution >= 4 is 54.3 Å². The molecule has 0 saturated carbocycles. The first-order chi connectivity index (χ1) is 28.5. The van der Waals surface area contributed by atoms with Gasteiger partial charge in [-0.25, -0.2) is 0 Å². The van der Waals surface area contributed by atoms with E-state index in [1.807, 2.05) is 12.1 Å². The Morgan fingerprint density at radius 2 is 0.862 bits per heavy atom. The molecule has 0 fully saturated rings. The lowest BCUT2D eigenvalue weighted by Gasteiger charge is -2.22. The van der Waals surface area contributed by atoms with E-state index >= 15 is 0 Å². The highest BCUT2D eigenvalue weighted by Gasteiger charge is 2.37. The molecule has 1 heteroatoms. The number of para-hydroxylation sites is 1. The van der Waals surface area contributed by atoms with E-state index in [-0.39, 0.29) is 5.41 Å². The Bertz CT molecular complexity index is 3410. The second-order valence-corrected chi connectivity index (χ2v) is 16.4. The zero-order chi connectivity index (χ0) is 38.5. The topological polar surface area (TPSA) is 13.1 Å². The van der Waals surface area contributed by atoms with Crippen LogP contribution in [0.25, 0.3) is 110 Å². The maximum Gasteiger partial charge on any atom is 0.135 e. The third kappa shape index (κ3) is 4.83. The van der Waals surface area contributed by atoms with Crippen LogP contribution >= 0.6 is 0 Å². The van der Waals surface area contributed by atoms with Crippen LogP contribution in [-0.4, -0.2) is 0 Å². The zero-order valence-electron chi connectivity index (χ0n) is 32.4. The second-order valence-electron chi connectivity index (χ2n) is 16.4. The fourth-order valence-corrected chi connectivity index (χ4v) is 10.0. The van der Waals surface area contributed by atoms with Gasteiger partial charge in [-0.05, 0) is 135 Å². The normalized spacial score (nSPS) is 13.1. The first-order valence-corrected chi connectivity index (χ1v) is 20.2. The van der Waals surface area contributed by atoms with Gasteiger partial charge in [-0.2, -0.15) is 0 Å². The van der Waals surface area contributed by atoms with Gasteiger partial charge in [0.1, 0.15) is 11.2 Å². The van der Waals surface area contributed by atoms with Crippen LogP contribution in [0.1, 0.15) is 25.0 Å². The molecule has 0 N–H and O–H groups in total. The van der Waals surface area contributed by atoms with Crippen molar-refractivity contribution in [2.24, 2.45) is 0 Å². The van der Waals surface area contributed by atoms with E-state index in [4.69, 9.17) is 4.42 Å². The molecule has 11 aromatic rings. The van der Waals surface area contributed by atoms with Crippen LogP contribution in [0.4, 0.5) is 0 Å². The first-order valence-electron chi connectivity index (χ1n) is 20.2. The molecular formula is C57H38O. The lowest BCUT2D eigenvalue weighted by atomic mass is 9.81. The largest absolute Gasteiger partial charge is 0.456 e. The lowest BCUT2D eigenvalue weighted by molar-refractivity contribution is 0.661.